The van der Waals surface area contributed by atoms with Gasteiger partial charge in [-0.25, -0.2) is 0 Å². The Kier molecular flexibility index (Phi) is 5.34. The van der Waals surface area contributed by atoms with Gasteiger partial charge < -0.3 is 4.74 Å². The second kappa shape index (κ2) is 6.83. The molecule has 0 aromatic heterocycles. The topological polar surface area (TPSA) is 26.3 Å². The molecule has 0 heterocycles. The van der Waals surface area contributed by atoms with E-state index in [0.29, 0.717) is 13.0 Å². The minimum atomic E-state index is -0.187. The lowest BCUT2D eigenvalue weighted by atomic mass is 10.1. The molecule has 0 unspecified atom stereocenters. The molecule has 16 heavy (non-hydrogen) atoms. The highest BCUT2D eigenvalue weighted by atomic mass is 16.5. The Morgan fingerprint density at radius 1 is 1.38 bits per heavy atom. The first kappa shape index (κ1) is 12.5. The van der Waals surface area contributed by atoms with Crippen molar-refractivity contribution in [2.45, 2.75) is 19.8 Å². The molecule has 0 N–H and O–H groups in total. The van der Waals surface area contributed by atoms with Crippen molar-refractivity contribution in [1.29, 1.82) is 0 Å². The minimum absolute atomic E-state index is 0.187. The van der Waals surface area contributed by atoms with Crippen LogP contribution in [0.3, 0.4) is 0 Å². The summed E-state index contributed by atoms with van der Waals surface area (Å²) in [6, 6.07) is 8.11. The highest BCUT2D eigenvalue weighted by Gasteiger charge is 1.96. The van der Waals surface area contributed by atoms with Crippen LogP contribution in [0.5, 0.6) is 0 Å². The summed E-state index contributed by atoms with van der Waals surface area (Å²) in [6.07, 6.45) is 4.86. The van der Waals surface area contributed by atoms with Crippen LogP contribution in [0, 0.1) is 6.92 Å². The standard InChI is InChI=1S/C14H17O2/c1-3-12-8-10-13(11-9-12)6-5-7-14(15)16-4-2/h5-6,8-11H,1,3-4,7H2,2H3/b6-5+. The van der Waals surface area contributed by atoms with E-state index < -0.39 is 0 Å². The number of rotatable bonds is 5. The van der Waals surface area contributed by atoms with Crippen molar-refractivity contribution in [3.05, 3.63) is 48.4 Å². The molecule has 1 rings (SSSR count). The molecule has 0 bridgehead atoms. The van der Waals surface area contributed by atoms with E-state index in [9.17, 15) is 4.79 Å². The monoisotopic (exact) mass is 217 g/mol. The Morgan fingerprint density at radius 2 is 2.06 bits per heavy atom. The molecule has 0 aliphatic carbocycles. The van der Waals surface area contributed by atoms with Gasteiger partial charge >= 0.3 is 5.97 Å². The van der Waals surface area contributed by atoms with E-state index in [1.54, 1.807) is 6.92 Å². The van der Waals surface area contributed by atoms with Crippen molar-refractivity contribution >= 4 is 12.0 Å². The van der Waals surface area contributed by atoms with Crippen molar-refractivity contribution in [2.24, 2.45) is 0 Å². The minimum Gasteiger partial charge on any atom is -0.466 e. The number of hydrogen-bond acceptors (Lipinski definition) is 2. The summed E-state index contributed by atoms with van der Waals surface area (Å²) in [5, 5.41) is 0. The molecule has 0 aliphatic rings. The van der Waals surface area contributed by atoms with Gasteiger partial charge in [-0.05, 0) is 31.4 Å². The molecule has 1 aromatic carbocycles. The fourth-order valence-electron chi connectivity index (χ4n) is 1.31. The van der Waals surface area contributed by atoms with Crippen molar-refractivity contribution in [3.63, 3.8) is 0 Å². The van der Waals surface area contributed by atoms with Crippen LogP contribution in [0.25, 0.3) is 6.08 Å². The summed E-state index contributed by atoms with van der Waals surface area (Å²) in [5.41, 5.74) is 2.30. The van der Waals surface area contributed by atoms with Gasteiger partial charge in [-0.2, -0.15) is 0 Å². The Balaban J connectivity index is 2.46. The summed E-state index contributed by atoms with van der Waals surface area (Å²) in [7, 11) is 0. The lowest BCUT2D eigenvalue weighted by molar-refractivity contribution is -0.142. The van der Waals surface area contributed by atoms with Crippen LogP contribution in [-0.2, 0) is 16.0 Å². The average molecular weight is 217 g/mol. The Morgan fingerprint density at radius 3 is 2.62 bits per heavy atom. The SMILES string of the molecule is [CH2]Cc1ccc(/C=C/CC(=O)OCC)cc1. The molecule has 1 radical (unpaired) electrons. The summed E-state index contributed by atoms with van der Waals surface area (Å²) in [5.74, 6) is -0.187. The third kappa shape index (κ3) is 4.30. The molecule has 1 aromatic rings. The molecule has 85 valence electrons. The van der Waals surface area contributed by atoms with Crippen molar-refractivity contribution < 1.29 is 9.53 Å². The van der Waals surface area contributed by atoms with E-state index >= 15 is 0 Å². The summed E-state index contributed by atoms with van der Waals surface area (Å²) in [6.45, 7) is 6.05. The van der Waals surface area contributed by atoms with Gasteiger partial charge in [0.05, 0.1) is 13.0 Å². The predicted molar refractivity (Wildman–Crippen MR) is 65.8 cm³/mol. The van der Waals surface area contributed by atoms with E-state index in [-0.39, 0.29) is 5.97 Å². The third-order valence-corrected chi connectivity index (χ3v) is 2.17. The van der Waals surface area contributed by atoms with E-state index in [1.165, 1.54) is 5.56 Å². The maximum atomic E-state index is 11.1. The fraction of sp³-hybridized carbons (Fsp3) is 0.286. The van der Waals surface area contributed by atoms with Crippen LogP contribution >= 0.6 is 0 Å². The second-order valence-corrected chi connectivity index (χ2v) is 3.40. The zero-order valence-electron chi connectivity index (χ0n) is 9.61. The average Bonchev–Trinajstić information content (AvgIpc) is 2.30. The third-order valence-electron chi connectivity index (χ3n) is 2.17. The number of carbonyl (C=O) groups excluding carboxylic acids is 1. The van der Waals surface area contributed by atoms with Crippen LogP contribution in [0.2, 0.25) is 0 Å². The molecular formula is C14H17O2. The molecule has 0 fully saturated rings. The Hall–Kier alpha value is -1.57. The molecule has 2 heteroatoms. The number of esters is 1. The number of benzene rings is 1. The zero-order chi connectivity index (χ0) is 11.8. The molecule has 2 nitrogen and oxygen atoms in total. The van der Waals surface area contributed by atoms with Gasteiger partial charge in [-0.3, -0.25) is 4.79 Å². The van der Waals surface area contributed by atoms with Crippen LogP contribution in [-0.4, -0.2) is 12.6 Å². The molecule has 0 saturated heterocycles. The number of hydrogen-bond donors (Lipinski definition) is 0. The Bertz CT molecular complexity index is 350. The molecule has 0 atom stereocenters. The highest BCUT2D eigenvalue weighted by molar-refractivity contribution is 5.72. The smallest absolute Gasteiger partial charge is 0.309 e. The largest absolute Gasteiger partial charge is 0.466 e. The van der Waals surface area contributed by atoms with Crippen LogP contribution in [0.4, 0.5) is 0 Å². The van der Waals surface area contributed by atoms with Crippen molar-refractivity contribution in [3.8, 4) is 0 Å². The van der Waals surface area contributed by atoms with E-state index in [4.69, 9.17) is 4.74 Å². The predicted octanol–water partition coefficient (Wildman–Crippen LogP) is 3.03. The summed E-state index contributed by atoms with van der Waals surface area (Å²) >= 11 is 0. The van der Waals surface area contributed by atoms with E-state index in [0.717, 1.165) is 12.0 Å². The second-order valence-electron chi connectivity index (χ2n) is 3.40. The zero-order valence-corrected chi connectivity index (χ0v) is 9.61. The van der Waals surface area contributed by atoms with Crippen LogP contribution in [0.1, 0.15) is 24.5 Å². The van der Waals surface area contributed by atoms with Crippen LogP contribution < -0.4 is 0 Å². The molecular weight excluding hydrogens is 200 g/mol. The number of carbonyl (C=O) groups is 1. The summed E-state index contributed by atoms with van der Waals surface area (Å²) in [4.78, 5) is 11.1. The first-order valence-corrected chi connectivity index (χ1v) is 5.46. The van der Waals surface area contributed by atoms with E-state index in [1.807, 2.05) is 36.4 Å². The fourth-order valence-corrected chi connectivity index (χ4v) is 1.31. The van der Waals surface area contributed by atoms with Gasteiger partial charge in [-0.1, -0.05) is 36.4 Å². The molecule has 0 spiro atoms. The molecule has 0 saturated carbocycles. The maximum Gasteiger partial charge on any atom is 0.309 e. The maximum absolute atomic E-state index is 11.1. The molecule has 0 aliphatic heterocycles. The first-order chi connectivity index (χ1) is 7.76. The lowest BCUT2D eigenvalue weighted by Crippen LogP contribution is -2.01. The molecule has 0 amide bonds. The highest BCUT2D eigenvalue weighted by Crippen LogP contribution is 2.07. The van der Waals surface area contributed by atoms with Gasteiger partial charge in [0, 0.05) is 0 Å². The van der Waals surface area contributed by atoms with E-state index in [2.05, 4.69) is 6.92 Å². The van der Waals surface area contributed by atoms with Gasteiger partial charge in [0.25, 0.3) is 0 Å². The summed E-state index contributed by atoms with van der Waals surface area (Å²) < 4.78 is 4.82. The first-order valence-electron chi connectivity index (χ1n) is 5.46. The van der Waals surface area contributed by atoms with Gasteiger partial charge in [0.1, 0.15) is 0 Å². The Labute approximate surface area is 96.9 Å². The number of ether oxygens (including phenoxy) is 1. The van der Waals surface area contributed by atoms with Crippen LogP contribution in [0.15, 0.2) is 30.3 Å². The lowest BCUT2D eigenvalue weighted by Gasteiger charge is -1.98. The van der Waals surface area contributed by atoms with Gasteiger partial charge in [-0.15, -0.1) is 0 Å². The van der Waals surface area contributed by atoms with Gasteiger partial charge in [0.15, 0.2) is 0 Å². The quantitative estimate of drug-likeness (QED) is 0.709. The van der Waals surface area contributed by atoms with Crippen molar-refractivity contribution in [1.82, 2.24) is 0 Å². The van der Waals surface area contributed by atoms with Gasteiger partial charge in [0.2, 0.25) is 0 Å². The van der Waals surface area contributed by atoms with Crippen molar-refractivity contribution in [2.75, 3.05) is 6.61 Å². The normalized spacial score (nSPS) is 10.6.